The van der Waals surface area contributed by atoms with E-state index in [0.717, 1.165) is 5.75 Å². The largest absolute Gasteiger partial charge is 0.490 e. The van der Waals surface area contributed by atoms with Crippen LogP contribution in [0.25, 0.3) is 0 Å². The number of nitrogens with zero attached hydrogens (tertiary/aromatic N) is 1. The molecular formula is C21H29ClN2O4. The maximum atomic E-state index is 12.6. The highest BCUT2D eigenvalue weighted by Gasteiger charge is 2.18. The van der Waals surface area contributed by atoms with Gasteiger partial charge in [-0.2, -0.15) is 0 Å². The Kier molecular flexibility index (Phi) is 10.2. The topological polar surface area (TPSA) is 74.0 Å². The van der Waals surface area contributed by atoms with E-state index in [4.69, 9.17) is 19.9 Å². The monoisotopic (exact) mass is 408 g/mol. The quantitative estimate of drug-likeness (QED) is 0.610. The number of benzene rings is 2. The Morgan fingerprint density at radius 1 is 1.04 bits per heavy atom. The summed E-state index contributed by atoms with van der Waals surface area (Å²) in [4.78, 5) is 14.2. The maximum absolute atomic E-state index is 12.6. The number of carbonyl (C=O) groups is 1. The molecule has 0 aliphatic heterocycles. The second-order valence-electron chi connectivity index (χ2n) is 6.11. The molecule has 2 aromatic rings. The minimum Gasteiger partial charge on any atom is -0.490 e. The number of para-hydroxylation sites is 1. The highest BCUT2D eigenvalue weighted by Crippen LogP contribution is 2.29. The zero-order valence-corrected chi connectivity index (χ0v) is 17.4. The van der Waals surface area contributed by atoms with Gasteiger partial charge in [0.05, 0.1) is 6.61 Å². The van der Waals surface area contributed by atoms with Gasteiger partial charge in [-0.3, -0.25) is 4.79 Å². The lowest BCUT2D eigenvalue weighted by Crippen LogP contribution is -2.39. The number of rotatable bonds is 10. The van der Waals surface area contributed by atoms with Crippen LogP contribution in [0.2, 0.25) is 0 Å². The van der Waals surface area contributed by atoms with Gasteiger partial charge >= 0.3 is 0 Å². The molecule has 0 spiro atoms. The van der Waals surface area contributed by atoms with Crippen molar-refractivity contribution in [3.8, 4) is 17.2 Å². The van der Waals surface area contributed by atoms with Crippen molar-refractivity contribution < 1.29 is 19.0 Å². The molecule has 1 amide bonds. The summed E-state index contributed by atoms with van der Waals surface area (Å²) in [5.74, 6) is 1.81. The van der Waals surface area contributed by atoms with Crippen LogP contribution in [0.5, 0.6) is 17.2 Å². The summed E-state index contributed by atoms with van der Waals surface area (Å²) >= 11 is 0. The number of amides is 1. The first-order valence-corrected chi connectivity index (χ1v) is 9.11. The molecule has 7 heteroatoms. The average molecular weight is 409 g/mol. The van der Waals surface area contributed by atoms with Crippen molar-refractivity contribution in [2.24, 2.45) is 5.73 Å². The van der Waals surface area contributed by atoms with Gasteiger partial charge in [0, 0.05) is 25.2 Å². The Morgan fingerprint density at radius 2 is 1.71 bits per heavy atom. The molecule has 0 saturated carbocycles. The number of carbonyl (C=O) groups excluding carboxylic acids is 1. The van der Waals surface area contributed by atoms with Crippen molar-refractivity contribution in [1.82, 2.24) is 4.90 Å². The van der Waals surface area contributed by atoms with E-state index in [2.05, 4.69) is 0 Å². The van der Waals surface area contributed by atoms with Gasteiger partial charge in [-0.1, -0.05) is 18.2 Å². The number of likely N-dealkylation sites (N-methyl/N-ethyl adjacent to an activating group) is 1. The van der Waals surface area contributed by atoms with Gasteiger partial charge in [-0.25, -0.2) is 0 Å². The third-order valence-corrected chi connectivity index (χ3v) is 4.17. The molecular weight excluding hydrogens is 380 g/mol. The van der Waals surface area contributed by atoms with E-state index in [1.807, 2.05) is 44.2 Å². The predicted molar refractivity (Wildman–Crippen MR) is 113 cm³/mol. The van der Waals surface area contributed by atoms with Crippen molar-refractivity contribution in [2.45, 2.75) is 19.9 Å². The van der Waals surface area contributed by atoms with E-state index >= 15 is 0 Å². The maximum Gasteiger partial charge on any atom is 0.254 e. The van der Waals surface area contributed by atoms with Crippen molar-refractivity contribution >= 4 is 18.3 Å². The predicted octanol–water partition coefficient (Wildman–Crippen LogP) is 3.38. The normalized spacial score (nSPS) is 11.1. The SMILES string of the molecule is CCOc1cc(C(=O)N(C)C(C)CN)ccc1OCCOc1ccccc1.Cl. The standard InChI is InChI=1S/C21H28N2O4.ClH/c1-4-25-20-14-17(21(24)23(3)16(2)15-22)10-11-19(20)27-13-12-26-18-8-6-5-7-9-18;/h5-11,14,16H,4,12-13,15,22H2,1-3H3;1H. The van der Waals surface area contributed by atoms with Crippen molar-refractivity contribution in [3.63, 3.8) is 0 Å². The average Bonchev–Trinajstić information content (AvgIpc) is 2.71. The third-order valence-electron chi connectivity index (χ3n) is 4.17. The fourth-order valence-electron chi connectivity index (χ4n) is 2.42. The lowest BCUT2D eigenvalue weighted by Gasteiger charge is -2.24. The van der Waals surface area contributed by atoms with Crippen LogP contribution < -0.4 is 19.9 Å². The van der Waals surface area contributed by atoms with Crippen LogP contribution >= 0.6 is 12.4 Å². The molecule has 0 saturated heterocycles. The van der Waals surface area contributed by atoms with Gasteiger partial charge in [0.25, 0.3) is 5.91 Å². The van der Waals surface area contributed by atoms with Gasteiger partial charge in [0.1, 0.15) is 19.0 Å². The van der Waals surface area contributed by atoms with Gasteiger partial charge in [0.15, 0.2) is 11.5 Å². The molecule has 0 radical (unpaired) electrons. The molecule has 2 N–H and O–H groups in total. The summed E-state index contributed by atoms with van der Waals surface area (Å²) in [7, 11) is 1.74. The minimum atomic E-state index is -0.104. The van der Waals surface area contributed by atoms with Crippen molar-refractivity contribution in [1.29, 1.82) is 0 Å². The summed E-state index contributed by atoms with van der Waals surface area (Å²) in [5, 5.41) is 0. The zero-order chi connectivity index (χ0) is 19.6. The minimum absolute atomic E-state index is 0. The molecule has 0 aliphatic rings. The third kappa shape index (κ3) is 6.62. The van der Waals surface area contributed by atoms with Crippen LogP contribution in [-0.4, -0.2) is 50.3 Å². The lowest BCUT2D eigenvalue weighted by molar-refractivity contribution is 0.0747. The molecule has 0 fully saturated rings. The van der Waals surface area contributed by atoms with Crippen molar-refractivity contribution in [2.75, 3.05) is 33.4 Å². The summed E-state index contributed by atoms with van der Waals surface area (Å²) < 4.78 is 17.1. The van der Waals surface area contributed by atoms with Gasteiger partial charge in [-0.05, 0) is 44.2 Å². The molecule has 0 bridgehead atoms. The second-order valence-corrected chi connectivity index (χ2v) is 6.11. The first kappa shape index (κ1) is 23.6. The number of hydrogen-bond acceptors (Lipinski definition) is 5. The molecule has 0 heterocycles. The van der Waals surface area contributed by atoms with E-state index < -0.39 is 0 Å². The van der Waals surface area contributed by atoms with Crippen LogP contribution in [0.15, 0.2) is 48.5 Å². The smallest absolute Gasteiger partial charge is 0.254 e. The number of hydrogen-bond donors (Lipinski definition) is 1. The van der Waals surface area contributed by atoms with E-state index in [-0.39, 0.29) is 24.4 Å². The highest BCUT2D eigenvalue weighted by atomic mass is 35.5. The molecule has 1 unspecified atom stereocenters. The fraction of sp³-hybridized carbons (Fsp3) is 0.381. The Balaban J connectivity index is 0.00000392. The molecule has 0 aromatic heterocycles. The molecule has 154 valence electrons. The van der Waals surface area contributed by atoms with E-state index in [9.17, 15) is 4.79 Å². The Labute approximate surface area is 173 Å². The number of halogens is 1. The van der Waals surface area contributed by atoms with Crippen LogP contribution in [0.1, 0.15) is 24.2 Å². The second kappa shape index (κ2) is 12.1. The Hall–Kier alpha value is -2.44. The van der Waals surface area contributed by atoms with E-state index in [1.54, 1.807) is 30.1 Å². The molecule has 1 atom stereocenters. The Morgan fingerprint density at radius 3 is 2.36 bits per heavy atom. The molecule has 6 nitrogen and oxygen atoms in total. The van der Waals surface area contributed by atoms with Gasteiger partial charge in [0.2, 0.25) is 0 Å². The highest BCUT2D eigenvalue weighted by molar-refractivity contribution is 5.95. The lowest BCUT2D eigenvalue weighted by atomic mass is 10.1. The van der Waals surface area contributed by atoms with E-state index in [1.165, 1.54) is 0 Å². The number of ether oxygens (including phenoxy) is 3. The summed E-state index contributed by atoms with van der Waals surface area (Å²) in [6, 6.07) is 14.7. The summed E-state index contributed by atoms with van der Waals surface area (Å²) in [6.45, 7) is 5.46. The first-order chi connectivity index (χ1) is 13.1. The number of nitrogens with two attached hydrogens (primary N) is 1. The zero-order valence-electron chi connectivity index (χ0n) is 16.6. The van der Waals surface area contributed by atoms with Gasteiger partial charge < -0.3 is 24.8 Å². The van der Waals surface area contributed by atoms with Crippen LogP contribution in [0.3, 0.4) is 0 Å². The Bertz CT molecular complexity index is 728. The van der Waals surface area contributed by atoms with Crippen LogP contribution in [0, 0.1) is 0 Å². The molecule has 0 aliphatic carbocycles. The first-order valence-electron chi connectivity index (χ1n) is 9.11. The van der Waals surface area contributed by atoms with Crippen molar-refractivity contribution in [3.05, 3.63) is 54.1 Å². The van der Waals surface area contributed by atoms with E-state index in [0.29, 0.717) is 43.4 Å². The molecule has 28 heavy (non-hydrogen) atoms. The molecule has 2 rings (SSSR count). The fourth-order valence-corrected chi connectivity index (χ4v) is 2.42. The summed E-state index contributed by atoms with van der Waals surface area (Å²) in [6.07, 6.45) is 0. The van der Waals surface area contributed by atoms with Gasteiger partial charge in [-0.15, -0.1) is 12.4 Å². The van der Waals surface area contributed by atoms with Crippen LogP contribution in [-0.2, 0) is 0 Å². The summed E-state index contributed by atoms with van der Waals surface area (Å²) in [5.41, 5.74) is 6.19. The van der Waals surface area contributed by atoms with Crippen LogP contribution in [0.4, 0.5) is 0 Å². The molecule has 2 aromatic carbocycles.